The molecule has 4 fully saturated rings. The Hall–Kier alpha value is -0.630. The van der Waals surface area contributed by atoms with Gasteiger partial charge in [0.15, 0.2) is 0 Å². The fraction of sp³-hybridized carbons (Fsp3) is 0.947. The normalized spacial score (nSPS) is 54.9. The van der Waals surface area contributed by atoms with Gasteiger partial charge < -0.3 is 10.1 Å². The minimum Gasteiger partial charge on any atom is -0.359 e. The highest BCUT2D eigenvalue weighted by atomic mass is 16.5. The van der Waals surface area contributed by atoms with Crippen molar-refractivity contribution in [2.75, 3.05) is 6.54 Å². The molecule has 2 saturated carbocycles. The van der Waals surface area contributed by atoms with E-state index in [1.807, 2.05) is 0 Å². The highest BCUT2D eigenvalue weighted by Gasteiger charge is 2.57. The predicted octanol–water partition coefficient (Wildman–Crippen LogP) is 2.65. The first-order chi connectivity index (χ1) is 11.0. The Balaban J connectivity index is 1.34. The monoisotopic (exact) mass is 317 g/mol. The molecule has 0 amide bonds. The zero-order valence-electron chi connectivity index (χ0n) is 14.7. The van der Waals surface area contributed by atoms with Crippen LogP contribution in [0.15, 0.2) is 0 Å². The van der Waals surface area contributed by atoms with E-state index in [4.69, 9.17) is 4.74 Å². The summed E-state index contributed by atoms with van der Waals surface area (Å²) in [4.78, 5) is 0. The summed E-state index contributed by atoms with van der Waals surface area (Å²) in [7, 11) is 0. The van der Waals surface area contributed by atoms with Crippen molar-refractivity contribution in [2.24, 2.45) is 29.1 Å². The van der Waals surface area contributed by atoms with E-state index >= 15 is 0 Å². The number of rotatable bonds is 3. The number of fused-ring (bicyclic) bond motifs is 2. The summed E-state index contributed by atoms with van der Waals surface area (Å²) in [6.07, 6.45) is 6.54. The van der Waals surface area contributed by atoms with Crippen LogP contribution in [0, 0.1) is 40.4 Å². The van der Waals surface area contributed by atoms with E-state index in [1.54, 1.807) is 0 Å². The van der Waals surface area contributed by atoms with Crippen molar-refractivity contribution in [1.82, 2.24) is 10.6 Å². The van der Waals surface area contributed by atoms with Gasteiger partial charge in [-0.15, -0.1) is 0 Å². The average Bonchev–Trinajstić information content (AvgIpc) is 3.07. The maximum absolute atomic E-state index is 9.32. The Kier molecular flexibility index (Phi) is 3.95. The van der Waals surface area contributed by atoms with Gasteiger partial charge in [0.05, 0.1) is 18.3 Å². The Morgan fingerprint density at radius 1 is 1.35 bits per heavy atom. The van der Waals surface area contributed by atoms with Crippen molar-refractivity contribution in [3.63, 3.8) is 0 Å². The van der Waals surface area contributed by atoms with Crippen LogP contribution < -0.4 is 10.6 Å². The van der Waals surface area contributed by atoms with Crippen LogP contribution in [0.2, 0.25) is 0 Å². The van der Waals surface area contributed by atoms with Crippen LogP contribution in [0.4, 0.5) is 0 Å². The zero-order chi connectivity index (χ0) is 16.2. The summed E-state index contributed by atoms with van der Waals surface area (Å²) >= 11 is 0. The Morgan fingerprint density at radius 3 is 2.87 bits per heavy atom. The molecule has 2 heterocycles. The minimum atomic E-state index is -0.197. The first-order valence-corrected chi connectivity index (χ1v) is 9.59. The third-order valence-corrected chi connectivity index (χ3v) is 7.63. The summed E-state index contributed by atoms with van der Waals surface area (Å²) < 4.78 is 6.06. The molecule has 4 heteroatoms. The van der Waals surface area contributed by atoms with Gasteiger partial charge in [-0.05, 0) is 42.9 Å². The lowest BCUT2D eigenvalue weighted by molar-refractivity contribution is 0.0256. The smallest absolute Gasteiger partial charge is 0.147 e. The summed E-state index contributed by atoms with van der Waals surface area (Å²) in [5, 5.41) is 16.9. The minimum absolute atomic E-state index is 0.197. The molecule has 2 saturated heterocycles. The van der Waals surface area contributed by atoms with E-state index in [9.17, 15) is 5.26 Å². The lowest BCUT2D eigenvalue weighted by atomic mass is 9.78. The van der Waals surface area contributed by atoms with Gasteiger partial charge in [-0.25, -0.2) is 0 Å². The molecular weight excluding hydrogens is 286 g/mol. The van der Waals surface area contributed by atoms with Gasteiger partial charge in [-0.3, -0.25) is 5.32 Å². The van der Waals surface area contributed by atoms with Gasteiger partial charge in [0.2, 0.25) is 0 Å². The fourth-order valence-corrected chi connectivity index (χ4v) is 5.75. The van der Waals surface area contributed by atoms with Crippen molar-refractivity contribution in [1.29, 1.82) is 5.26 Å². The Bertz CT molecular complexity index is 503. The Morgan fingerprint density at radius 2 is 2.17 bits per heavy atom. The average molecular weight is 317 g/mol. The van der Waals surface area contributed by atoms with E-state index in [0.717, 1.165) is 31.2 Å². The first kappa shape index (κ1) is 15.9. The highest BCUT2D eigenvalue weighted by Crippen LogP contribution is 2.63. The van der Waals surface area contributed by atoms with E-state index < -0.39 is 0 Å². The molecule has 0 aromatic carbocycles. The van der Waals surface area contributed by atoms with Gasteiger partial charge in [0.25, 0.3) is 0 Å². The van der Waals surface area contributed by atoms with Crippen molar-refractivity contribution in [3.8, 4) is 6.07 Å². The number of hydrogen-bond acceptors (Lipinski definition) is 4. The first-order valence-electron chi connectivity index (χ1n) is 9.59. The van der Waals surface area contributed by atoms with Gasteiger partial charge >= 0.3 is 0 Å². The molecule has 6 unspecified atom stereocenters. The standard InChI is InChI=1S/C19H31N3O/c1-4-14-15-10-21-18(7-16(15)23-17(14)9-20)22-13-5-11(2)19(3)8-12(19)6-13/h11-18,21-22H,4-8,10H2,1-3H3/t11-,12-,13+,14?,15?,16?,17?,18?,19?/m1/s1. The van der Waals surface area contributed by atoms with Crippen molar-refractivity contribution in [2.45, 2.75) is 77.3 Å². The second-order valence-corrected chi connectivity index (χ2v) is 8.80. The molecular formula is C19H31N3O. The molecule has 4 rings (SSSR count). The van der Waals surface area contributed by atoms with Gasteiger partial charge in [0.1, 0.15) is 6.10 Å². The third-order valence-electron chi connectivity index (χ3n) is 7.63. The van der Waals surface area contributed by atoms with Crippen LogP contribution in [0.3, 0.4) is 0 Å². The second kappa shape index (κ2) is 5.72. The van der Waals surface area contributed by atoms with Crippen LogP contribution in [0.5, 0.6) is 0 Å². The summed E-state index contributed by atoms with van der Waals surface area (Å²) in [5.41, 5.74) is 0.645. The molecule has 0 radical (unpaired) electrons. The van der Waals surface area contributed by atoms with Gasteiger partial charge in [-0.2, -0.15) is 5.26 Å². The van der Waals surface area contributed by atoms with E-state index in [-0.39, 0.29) is 12.2 Å². The molecule has 0 bridgehead atoms. The maximum atomic E-state index is 9.32. The molecule has 0 aromatic heterocycles. The fourth-order valence-electron chi connectivity index (χ4n) is 5.75. The molecule has 23 heavy (non-hydrogen) atoms. The molecule has 4 aliphatic rings. The van der Waals surface area contributed by atoms with Crippen LogP contribution in [-0.4, -0.2) is 31.0 Å². The number of nitrogens with zero attached hydrogens (tertiary/aromatic N) is 1. The van der Waals surface area contributed by atoms with Gasteiger partial charge in [0, 0.05) is 30.8 Å². The number of hydrogen-bond donors (Lipinski definition) is 2. The van der Waals surface area contributed by atoms with Crippen LogP contribution in [0.1, 0.15) is 52.9 Å². The van der Waals surface area contributed by atoms with Crippen molar-refractivity contribution in [3.05, 3.63) is 0 Å². The number of piperidine rings is 1. The molecule has 2 aliphatic carbocycles. The lowest BCUT2D eigenvalue weighted by Gasteiger charge is -2.39. The van der Waals surface area contributed by atoms with Crippen molar-refractivity contribution >= 4 is 0 Å². The maximum Gasteiger partial charge on any atom is 0.147 e. The van der Waals surface area contributed by atoms with Crippen molar-refractivity contribution < 1.29 is 4.74 Å². The van der Waals surface area contributed by atoms with E-state index in [1.165, 1.54) is 19.3 Å². The lowest BCUT2D eigenvalue weighted by Crippen LogP contribution is -2.56. The summed E-state index contributed by atoms with van der Waals surface area (Å²) in [6.45, 7) is 8.08. The Labute approximate surface area is 140 Å². The number of ether oxygens (including phenoxy) is 1. The second-order valence-electron chi connectivity index (χ2n) is 8.80. The molecule has 2 N–H and O–H groups in total. The molecule has 2 aliphatic heterocycles. The van der Waals surface area contributed by atoms with Crippen LogP contribution in [-0.2, 0) is 4.74 Å². The third kappa shape index (κ3) is 2.62. The summed E-state index contributed by atoms with van der Waals surface area (Å²) in [6, 6.07) is 3.02. The van der Waals surface area contributed by atoms with E-state index in [2.05, 4.69) is 37.5 Å². The van der Waals surface area contributed by atoms with E-state index in [0.29, 0.717) is 29.5 Å². The molecule has 9 atom stereocenters. The topological polar surface area (TPSA) is 57.1 Å². The largest absolute Gasteiger partial charge is 0.359 e. The zero-order valence-corrected chi connectivity index (χ0v) is 14.7. The molecule has 128 valence electrons. The predicted molar refractivity (Wildman–Crippen MR) is 89.5 cm³/mol. The molecule has 0 aromatic rings. The SMILES string of the molecule is CCC1C(C#N)OC2CC(N[C@@H]3C[C@@H]4CC4(C)[C@H](C)C3)NCC21. The molecule has 4 nitrogen and oxygen atoms in total. The quantitative estimate of drug-likeness (QED) is 0.840. The number of nitriles is 1. The van der Waals surface area contributed by atoms with Crippen LogP contribution in [0.25, 0.3) is 0 Å². The van der Waals surface area contributed by atoms with Crippen LogP contribution >= 0.6 is 0 Å². The molecule has 0 spiro atoms. The highest BCUT2D eigenvalue weighted by molar-refractivity contribution is 5.08. The summed E-state index contributed by atoms with van der Waals surface area (Å²) in [5.74, 6) is 2.69. The number of nitrogens with one attached hydrogen (secondary N) is 2. The van der Waals surface area contributed by atoms with Gasteiger partial charge in [-0.1, -0.05) is 20.8 Å².